The van der Waals surface area contributed by atoms with Crippen LogP contribution < -0.4 is 5.32 Å². The zero-order valence-electron chi connectivity index (χ0n) is 18.4. The van der Waals surface area contributed by atoms with Crippen molar-refractivity contribution in [3.05, 3.63) is 35.9 Å². The normalized spacial score (nSPS) is 16.9. The van der Waals surface area contributed by atoms with E-state index >= 15 is 0 Å². The Bertz CT molecular complexity index is 789. The molecule has 1 heterocycles. The Morgan fingerprint density at radius 3 is 2.45 bits per heavy atom. The first-order chi connectivity index (χ1) is 14.6. The van der Waals surface area contributed by atoms with Crippen LogP contribution >= 0.6 is 0 Å². The second-order valence-corrected chi connectivity index (χ2v) is 8.26. The van der Waals surface area contributed by atoms with Gasteiger partial charge in [-0.25, -0.2) is 9.59 Å². The zero-order valence-corrected chi connectivity index (χ0v) is 18.4. The fourth-order valence-corrected chi connectivity index (χ4v) is 3.20. The van der Waals surface area contributed by atoms with E-state index in [0.29, 0.717) is 19.4 Å². The number of likely N-dealkylation sites (tertiary alicyclic amines) is 1. The summed E-state index contributed by atoms with van der Waals surface area (Å²) < 4.78 is 15.2. The lowest BCUT2D eigenvalue weighted by Crippen LogP contribution is -2.53. The molecule has 1 N–H and O–H groups in total. The van der Waals surface area contributed by atoms with E-state index in [1.165, 1.54) is 12.0 Å². The van der Waals surface area contributed by atoms with Crippen molar-refractivity contribution in [1.29, 1.82) is 0 Å². The molecule has 2 atom stereocenters. The summed E-state index contributed by atoms with van der Waals surface area (Å²) in [4.78, 5) is 51.1. The molecule has 2 amide bonds. The maximum absolute atomic E-state index is 13.1. The highest BCUT2D eigenvalue weighted by molar-refractivity contribution is 5.92. The van der Waals surface area contributed by atoms with Crippen molar-refractivity contribution in [2.75, 3.05) is 13.7 Å². The lowest BCUT2D eigenvalue weighted by molar-refractivity contribution is -0.155. The first-order valence-corrected chi connectivity index (χ1v) is 10.2. The molecule has 0 radical (unpaired) electrons. The lowest BCUT2D eigenvalue weighted by Gasteiger charge is -2.28. The van der Waals surface area contributed by atoms with Gasteiger partial charge >= 0.3 is 18.0 Å². The van der Waals surface area contributed by atoms with Crippen LogP contribution in [0.5, 0.6) is 0 Å². The Hall–Kier alpha value is -3.10. The summed E-state index contributed by atoms with van der Waals surface area (Å²) in [6.07, 6.45) is -0.167. The maximum atomic E-state index is 13.1. The molecule has 0 saturated carbocycles. The minimum atomic E-state index is -1.22. The van der Waals surface area contributed by atoms with E-state index in [4.69, 9.17) is 9.47 Å². The fourth-order valence-electron chi connectivity index (χ4n) is 3.20. The zero-order chi connectivity index (χ0) is 23.0. The first kappa shape index (κ1) is 24.2. The summed E-state index contributed by atoms with van der Waals surface area (Å²) in [5.74, 6) is -1.75. The number of methoxy groups -OCH3 is 1. The molecule has 1 aromatic rings. The second-order valence-electron chi connectivity index (χ2n) is 8.26. The van der Waals surface area contributed by atoms with E-state index in [0.717, 1.165) is 5.56 Å². The highest BCUT2D eigenvalue weighted by atomic mass is 16.6. The largest absolute Gasteiger partial charge is 0.469 e. The third-order valence-electron chi connectivity index (χ3n) is 4.62. The van der Waals surface area contributed by atoms with Crippen LogP contribution in [0.25, 0.3) is 0 Å². The van der Waals surface area contributed by atoms with Gasteiger partial charge in [0, 0.05) is 6.54 Å². The second kappa shape index (κ2) is 10.8. The molecule has 1 saturated heterocycles. The van der Waals surface area contributed by atoms with Crippen LogP contribution in [0, 0.1) is 0 Å². The van der Waals surface area contributed by atoms with Gasteiger partial charge in [-0.1, -0.05) is 30.3 Å². The van der Waals surface area contributed by atoms with Crippen LogP contribution in [-0.2, 0) is 35.2 Å². The van der Waals surface area contributed by atoms with Crippen molar-refractivity contribution in [2.24, 2.45) is 0 Å². The van der Waals surface area contributed by atoms with Crippen molar-refractivity contribution in [3.63, 3.8) is 0 Å². The molecule has 9 nitrogen and oxygen atoms in total. The van der Waals surface area contributed by atoms with Crippen molar-refractivity contribution in [1.82, 2.24) is 10.2 Å². The van der Waals surface area contributed by atoms with Crippen molar-refractivity contribution in [3.8, 4) is 0 Å². The van der Waals surface area contributed by atoms with Crippen molar-refractivity contribution in [2.45, 2.75) is 64.3 Å². The minimum Gasteiger partial charge on any atom is -0.469 e. The molecule has 0 aliphatic carbocycles. The molecule has 2 rings (SSSR count). The van der Waals surface area contributed by atoms with Gasteiger partial charge in [0.2, 0.25) is 5.91 Å². The summed E-state index contributed by atoms with van der Waals surface area (Å²) in [6, 6.07) is 7.22. The Labute approximate surface area is 182 Å². The van der Waals surface area contributed by atoms with Gasteiger partial charge in [-0.2, -0.15) is 0 Å². The number of carbonyl (C=O) groups is 4. The van der Waals surface area contributed by atoms with Crippen LogP contribution in [0.3, 0.4) is 0 Å². The number of alkyl carbamates (subject to hydrolysis) is 1. The van der Waals surface area contributed by atoms with Crippen molar-refractivity contribution >= 4 is 23.9 Å². The number of esters is 2. The van der Waals surface area contributed by atoms with Crippen LogP contribution in [-0.4, -0.2) is 60.2 Å². The Kier molecular flexibility index (Phi) is 8.41. The standard InChI is InChI=1S/C22H30N2O7/c1-22(2,3)31-21(28)23-16(13-18(25)29-4)19(26)24-12-8-11-17(24)20(27)30-14-15-9-6-5-7-10-15/h5-7,9-10,16-17H,8,11-14H2,1-4H3,(H,23,28). The molecule has 1 fully saturated rings. The average Bonchev–Trinajstić information content (AvgIpc) is 3.20. The topological polar surface area (TPSA) is 111 Å². The van der Waals surface area contributed by atoms with Crippen LogP contribution in [0.1, 0.15) is 45.6 Å². The smallest absolute Gasteiger partial charge is 0.408 e. The Morgan fingerprint density at radius 2 is 1.84 bits per heavy atom. The SMILES string of the molecule is COC(=O)CC(NC(=O)OC(C)(C)C)C(=O)N1CCCC1C(=O)OCc1ccccc1. The van der Waals surface area contributed by atoms with Crippen LogP contribution in [0.2, 0.25) is 0 Å². The third kappa shape index (κ3) is 7.58. The van der Waals surface area contributed by atoms with Gasteiger partial charge in [0.1, 0.15) is 24.3 Å². The summed E-state index contributed by atoms with van der Waals surface area (Å²) in [6.45, 7) is 5.46. The predicted molar refractivity (Wildman–Crippen MR) is 111 cm³/mol. The molecule has 0 spiro atoms. The van der Waals surface area contributed by atoms with E-state index in [-0.39, 0.29) is 13.0 Å². The molecular weight excluding hydrogens is 404 g/mol. The number of benzene rings is 1. The van der Waals surface area contributed by atoms with E-state index in [1.807, 2.05) is 30.3 Å². The first-order valence-electron chi connectivity index (χ1n) is 10.2. The van der Waals surface area contributed by atoms with Gasteiger partial charge in [-0.05, 0) is 39.2 Å². The molecule has 9 heteroatoms. The number of hydrogen-bond donors (Lipinski definition) is 1. The highest BCUT2D eigenvalue weighted by Gasteiger charge is 2.39. The number of hydrogen-bond acceptors (Lipinski definition) is 7. The monoisotopic (exact) mass is 434 g/mol. The number of amides is 2. The summed E-state index contributed by atoms with van der Waals surface area (Å²) in [5.41, 5.74) is 0.0577. The number of carbonyl (C=O) groups excluding carboxylic acids is 4. The van der Waals surface area contributed by atoms with E-state index < -0.39 is 41.6 Å². The Morgan fingerprint density at radius 1 is 1.16 bits per heavy atom. The van der Waals surface area contributed by atoms with Gasteiger partial charge in [0.15, 0.2) is 0 Å². The van der Waals surface area contributed by atoms with Gasteiger partial charge in [-0.15, -0.1) is 0 Å². The number of nitrogens with one attached hydrogen (secondary N) is 1. The lowest BCUT2D eigenvalue weighted by atomic mass is 10.1. The van der Waals surface area contributed by atoms with Gasteiger partial charge in [-0.3, -0.25) is 9.59 Å². The molecule has 0 aromatic heterocycles. The van der Waals surface area contributed by atoms with Gasteiger partial charge < -0.3 is 24.4 Å². The molecule has 1 aromatic carbocycles. The average molecular weight is 434 g/mol. The summed E-state index contributed by atoms with van der Waals surface area (Å²) in [7, 11) is 1.19. The minimum absolute atomic E-state index is 0.0972. The van der Waals surface area contributed by atoms with Gasteiger partial charge in [0.05, 0.1) is 13.5 Å². The number of rotatable bonds is 7. The van der Waals surface area contributed by atoms with Crippen LogP contribution in [0.4, 0.5) is 4.79 Å². The summed E-state index contributed by atoms with van der Waals surface area (Å²) >= 11 is 0. The molecule has 31 heavy (non-hydrogen) atoms. The quantitative estimate of drug-likeness (QED) is 0.517. The highest BCUT2D eigenvalue weighted by Crippen LogP contribution is 2.21. The molecule has 2 unspecified atom stereocenters. The fraction of sp³-hybridized carbons (Fsp3) is 0.545. The molecule has 1 aliphatic rings. The number of nitrogens with zero attached hydrogens (tertiary/aromatic N) is 1. The molecule has 1 aliphatic heterocycles. The summed E-state index contributed by atoms with van der Waals surface area (Å²) in [5, 5.41) is 2.43. The van der Waals surface area contributed by atoms with E-state index in [9.17, 15) is 19.2 Å². The van der Waals surface area contributed by atoms with E-state index in [2.05, 4.69) is 10.1 Å². The third-order valence-corrected chi connectivity index (χ3v) is 4.62. The van der Waals surface area contributed by atoms with Crippen LogP contribution in [0.15, 0.2) is 30.3 Å². The predicted octanol–water partition coefficient (Wildman–Crippen LogP) is 2.18. The number of ether oxygens (including phenoxy) is 3. The van der Waals surface area contributed by atoms with Crippen molar-refractivity contribution < 1.29 is 33.4 Å². The molecule has 0 bridgehead atoms. The maximum Gasteiger partial charge on any atom is 0.408 e. The molecule has 170 valence electrons. The van der Waals surface area contributed by atoms with Gasteiger partial charge in [0.25, 0.3) is 0 Å². The van der Waals surface area contributed by atoms with E-state index in [1.54, 1.807) is 20.8 Å². The molecular formula is C22H30N2O7. The Balaban J connectivity index is 2.07.